The zero-order valence-electron chi connectivity index (χ0n) is 8.74. The fourth-order valence-corrected chi connectivity index (χ4v) is 2.12. The maximum Gasteiger partial charge on any atom is 0.0608 e. The lowest BCUT2D eigenvalue weighted by atomic mass is 9.80. The van der Waals surface area contributed by atoms with E-state index in [1.54, 1.807) is 0 Å². The summed E-state index contributed by atoms with van der Waals surface area (Å²) in [7, 11) is 0. The van der Waals surface area contributed by atoms with Gasteiger partial charge in [-0.1, -0.05) is 6.42 Å². The van der Waals surface area contributed by atoms with Crippen LogP contribution in [0.3, 0.4) is 0 Å². The van der Waals surface area contributed by atoms with Gasteiger partial charge in [-0.25, -0.2) is 5.01 Å². The monoisotopic (exact) mass is 199 g/mol. The van der Waals surface area contributed by atoms with E-state index in [2.05, 4.69) is 10.4 Å². The molecule has 4 heteroatoms. The van der Waals surface area contributed by atoms with Gasteiger partial charge in [-0.05, 0) is 18.8 Å². The van der Waals surface area contributed by atoms with Gasteiger partial charge in [0.15, 0.2) is 0 Å². The molecule has 0 aromatic carbocycles. The predicted octanol–water partition coefficient (Wildman–Crippen LogP) is -0.0494. The molecule has 2 rings (SSSR count). The summed E-state index contributed by atoms with van der Waals surface area (Å²) in [6.45, 7) is 4.42. The topological polar surface area (TPSA) is 50.5 Å². The van der Waals surface area contributed by atoms with Crippen molar-refractivity contribution in [3.8, 4) is 0 Å². The highest BCUT2D eigenvalue weighted by atomic mass is 16.5. The van der Waals surface area contributed by atoms with Crippen molar-refractivity contribution in [2.45, 2.75) is 25.3 Å². The Morgan fingerprint density at radius 1 is 1.36 bits per heavy atom. The first-order chi connectivity index (χ1) is 6.90. The summed E-state index contributed by atoms with van der Waals surface area (Å²) >= 11 is 0. The largest absolute Gasteiger partial charge is 0.379 e. The molecule has 1 aliphatic carbocycles. The molecule has 0 amide bonds. The van der Waals surface area contributed by atoms with Gasteiger partial charge in [-0.2, -0.15) is 0 Å². The number of ether oxygens (including phenoxy) is 1. The Hall–Kier alpha value is -0.160. The Bertz CT molecular complexity index is 167. The standard InChI is InChI=1S/C10H21N3O/c11-8-10(9-2-1-3-9)12-13-4-6-14-7-5-13/h9-10,12H,1-8,11H2. The summed E-state index contributed by atoms with van der Waals surface area (Å²) < 4.78 is 5.30. The van der Waals surface area contributed by atoms with Gasteiger partial charge in [0, 0.05) is 25.7 Å². The number of hydrazine groups is 1. The van der Waals surface area contributed by atoms with E-state index >= 15 is 0 Å². The second-order valence-electron chi connectivity index (χ2n) is 4.26. The van der Waals surface area contributed by atoms with Crippen LogP contribution in [0.1, 0.15) is 19.3 Å². The molecule has 1 unspecified atom stereocenters. The molecule has 14 heavy (non-hydrogen) atoms. The molecule has 4 nitrogen and oxygen atoms in total. The summed E-state index contributed by atoms with van der Waals surface area (Å²) in [6, 6.07) is 0.488. The van der Waals surface area contributed by atoms with E-state index < -0.39 is 0 Å². The van der Waals surface area contributed by atoms with Crippen molar-refractivity contribution in [3.63, 3.8) is 0 Å². The lowest BCUT2D eigenvalue weighted by molar-refractivity contribution is -0.00575. The van der Waals surface area contributed by atoms with Crippen molar-refractivity contribution in [2.24, 2.45) is 11.7 Å². The minimum absolute atomic E-state index is 0.488. The number of morpholine rings is 1. The molecule has 1 aliphatic heterocycles. The summed E-state index contributed by atoms with van der Waals surface area (Å²) in [5.74, 6) is 0.808. The van der Waals surface area contributed by atoms with E-state index in [4.69, 9.17) is 10.5 Å². The minimum Gasteiger partial charge on any atom is -0.379 e. The molecule has 0 aromatic rings. The molecule has 0 radical (unpaired) electrons. The normalized spacial score (nSPS) is 27.2. The average Bonchev–Trinajstić information content (AvgIpc) is 2.15. The molecule has 3 N–H and O–H groups in total. The quantitative estimate of drug-likeness (QED) is 0.666. The fraction of sp³-hybridized carbons (Fsp3) is 1.00. The maximum atomic E-state index is 5.78. The molecule has 0 spiro atoms. The SMILES string of the molecule is NCC(NN1CCOCC1)C1CCC1. The highest BCUT2D eigenvalue weighted by Gasteiger charge is 2.27. The number of nitrogens with two attached hydrogens (primary N) is 1. The zero-order chi connectivity index (χ0) is 9.80. The highest BCUT2D eigenvalue weighted by Crippen LogP contribution is 2.29. The maximum absolute atomic E-state index is 5.78. The van der Waals surface area contributed by atoms with Gasteiger partial charge in [-0.3, -0.25) is 5.43 Å². The Labute approximate surface area is 85.7 Å². The third-order valence-corrected chi connectivity index (χ3v) is 3.33. The summed E-state index contributed by atoms with van der Waals surface area (Å²) in [5, 5.41) is 2.26. The van der Waals surface area contributed by atoms with E-state index in [-0.39, 0.29) is 0 Å². The van der Waals surface area contributed by atoms with Crippen LogP contribution in [0.4, 0.5) is 0 Å². The van der Waals surface area contributed by atoms with Crippen LogP contribution in [-0.2, 0) is 4.74 Å². The Morgan fingerprint density at radius 3 is 2.57 bits per heavy atom. The highest BCUT2D eigenvalue weighted by molar-refractivity contribution is 4.83. The molecule has 0 aromatic heterocycles. The van der Waals surface area contributed by atoms with Crippen molar-refractivity contribution in [2.75, 3.05) is 32.8 Å². The number of nitrogens with one attached hydrogen (secondary N) is 1. The first-order valence-corrected chi connectivity index (χ1v) is 5.69. The fourth-order valence-electron chi connectivity index (χ4n) is 2.12. The smallest absolute Gasteiger partial charge is 0.0608 e. The summed E-state index contributed by atoms with van der Waals surface area (Å²) in [4.78, 5) is 0. The molecular formula is C10H21N3O. The van der Waals surface area contributed by atoms with Gasteiger partial charge < -0.3 is 10.5 Å². The van der Waals surface area contributed by atoms with Crippen LogP contribution in [0.5, 0.6) is 0 Å². The number of hydrogen-bond donors (Lipinski definition) is 2. The van der Waals surface area contributed by atoms with Crippen LogP contribution in [0.15, 0.2) is 0 Å². The van der Waals surface area contributed by atoms with Crippen LogP contribution in [0.2, 0.25) is 0 Å². The molecular weight excluding hydrogens is 178 g/mol. The van der Waals surface area contributed by atoms with E-state index in [9.17, 15) is 0 Å². The molecule has 1 atom stereocenters. The van der Waals surface area contributed by atoms with E-state index in [1.807, 2.05) is 0 Å². The Balaban J connectivity index is 1.74. The second kappa shape index (κ2) is 5.07. The third kappa shape index (κ3) is 2.45. The third-order valence-electron chi connectivity index (χ3n) is 3.33. The molecule has 0 bridgehead atoms. The lowest BCUT2D eigenvalue weighted by Crippen LogP contribution is -2.55. The predicted molar refractivity (Wildman–Crippen MR) is 55.7 cm³/mol. The van der Waals surface area contributed by atoms with Crippen molar-refractivity contribution in [1.29, 1.82) is 0 Å². The van der Waals surface area contributed by atoms with Crippen LogP contribution < -0.4 is 11.2 Å². The zero-order valence-corrected chi connectivity index (χ0v) is 8.74. The molecule has 2 fully saturated rings. The summed E-state index contributed by atoms with van der Waals surface area (Å²) in [6.07, 6.45) is 4.07. The van der Waals surface area contributed by atoms with Crippen LogP contribution >= 0.6 is 0 Å². The van der Waals surface area contributed by atoms with Crippen molar-refractivity contribution < 1.29 is 4.74 Å². The van der Waals surface area contributed by atoms with Gasteiger partial charge in [0.2, 0.25) is 0 Å². The first kappa shape index (κ1) is 10.4. The molecule has 82 valence electrons. The van der Waals surface area contributed by atoms with Gasteiger partial charge in [0.25, 0.3) is 0 Å². The van der Waals surface area contributed by atoms with E-state index in [1.165, 1.54) is 19.3 Å². The van der Waals surface area contributed by atoms with Crippen LogP contribution in [0.25, 0.3) is 0 Å². The van der Waals surface area contributed by atoms with Gasteiger partial charge in [-0.15, -0.1) is 0 Å². The Kier molecular flexibility index (Phi) is 3.75. The van der Waals surface area contributed by atoms with Crippen molar-refractivity contribution in [3.05, 3.63) is 0 Å². The van der Waals surface area contributed by atoms with Crippen LogP contribution in [-0.4, -0.2) is 43.9 Å². The van der Waals surface area contributed by atoms with Crippen molar-refractivity contribution in [1.82, 2.24) is 10.4 Å². The van der Waals surface area contributed by atoms with Gasteiger partial charge in [0.1, 0.15) is 0 Å². The van der Waals surface area contributed by atoms with Crippen molar-refractivity contribution >= 4 is 0 Å². The Morgan fingerprint density at radius 2 is 2.07 bits per heavy atom. The first-order valence-electron chi connectivity index (χ1n) is 5.69. The average molecular weight is 199 g/mol. The number of nitrogens with zero attached hydrogens (tertiary/aromatic N) is 1. The number of hydrogen-bond acceptors (Lipinski definition) is 4. The van der Waals surface area contributed by atoms with Gasteiger partial charge in [0.05, 0.1) is 13.2 Å². The van der Waals surface area contributed by atoms with E-state index in [0.29, 0.717) is 6.04 Å². The molecule has 1 saturated heterocycles. The molecule has 1 saturated carbocycles. The lowest BCUT2D eigenvalue weighted by Gasteiger charge is -2.38. The second-order valence-corrected chi connectivity index (χ2v) is 4.26. The van der Waals surface area contributed by atoms with E-state index in [0.717, 1.165) is 38.8 Å². The molecule has 1 heterocycles. The molecule has 2 aliphatic rings. The van der Waals surface area contributed by atoms with Gasteiger partial charge >= 0.3 is 0 Å². The number of rotatable bonds is 4. The van der Waals surface area contributed by atoms with Crippen LogP contribution in [0, 0.1) is 5.92 Å². The summed E-state index contributed by atoms with van der Waals surface area (Å²) in [5.41, 5.74) is 9.32. The minimum atomic E-state index is 0.488.